The number of hydroxylamine groups is 4. The molecule has 6 aliphatic heterocycles. The van der Waals surface area contributed by atoms with Gasteiger partial charge in [0.05, 0.1) is 121 Å². The topological polar surface area (TPSA) is 432 Å². The van der Waals surface area contributed by atoms with Gasteiger partial charge in [-0.1, -0.05) is 169 Å². The Balaban J connectivity index is 0.000000178. The fourth-order valence-electron chi connectivity index (χ4n) is 13.4. The highest BCUT2D eigenvalue weighted by molar-refractivity contribution is 6.04. The number of hydrogen-bond donors (Lipinski definition) is 6. The van der Waals surface area contributed by atoms with Gasteiger partial charge < -0.3 is 75.2 Å². The molecule has 32 heteroatoms. The number of para-hydroxylation sites is 4. The third-order valence-electron chi connectivity index (χ3n) is 20.1. The molecule has 14 rings (SSSR count). The summed E-state index contributed by atoms with van der Waals surface area (Å²) in [5.74, 6) is 17.3. The Bertz CT molecular complexity index is 5830. The second kappa shape index (κ2) is 50.6. The highest BCUT2D eigenvalue weighted by atomic mass is 16.7. The number of benzene rings is 8. The van der Waals surface area contributed by atoms with Gasteiger partial charge in [-0.15, -0.1) is 10.1 Å². The summed E-state index contributed by atoms with van der Waals surface area (Å²) in [5, 5.41) is 31.8. The molecule has 8 aromatic rings. The van der Waals surface area contributed by atoms with E-state index in [9.17, 15) is 71.9 Å². The number of ether oxygens (including phenoxy) is 3. The van der Waals surface area contributed by atoms with Crippen LogP contribution in [0.1, 0.15) is 163 Å². The number of carbonyl (C=O) groups excluding carboxylic acids is 12. The van der Waals surface area contributed by atoms with E-state index in [2.05, 4.69) is 58.0 Å². The maximum absolute atomic E-state index is 13.2. The number of aliphatic carboxylic acids is 3. The van der Waals surface area contributed by atoms with Crippen molar-refractivity contribution >= 4 is 112 Å². The minimum absolute atomic E-state index is 0.00213. The molecular formula is C99H95N9O23. The number of amides is 10. The summed E-state index contributed by atoms with van der Waals surface area (Å²) in [6.07, 6.45) is -0.487. The van der Waals surface area contributed by atoms with Crippen LogP contribution in [-0.4, -0.2) is 174 Å². The highest BCUT2D eigenvalue weighted by Gasteiger charge is 2.35. The SMILES string of the molecule is NCCOCCC(=O)O.O=C(CCC(=O)N1Cc2ccccc2C#Cc2ccccc21)NCCOCCC(=O)ON1C(=O)CCC1=O.O=C(CCC(=O)N1Cc2ccccc2C#Cc2ccccc21)ON1C(=O)CCC1=O.O=C(O)CCC(=O)N1Cc2ccccc2C#Cc2ccccc21.O=C(O)CCOCCNC(=O)CCC(=O)N1Cc2ccccc2C#Cc2ccccc21. The zero-order valence-electron chi connectivity index (χ0n) is 71.5. The first-order valence-electron chi connectivity index (χ1n) is 42.1. The lowest BCUT2D eigenvalue weighted by Crippen LogP contribution is -2.34. The molecule has 0 spiro atoms. The van der Waals surface area contributed by atoms with Crippen LogP contribution in [-0.2, 0) is 122 Å². The van der Waals surface area contributed by atoms with Crippen LogP contribution in [0.2, 0.25) is 0 Å². The smallest absolute Gasteiger partial charge is 0.335 e. The van der Waals surface area contributed by atoms with Crippen LogP contribution in [0, 0.1) is 47.4 Å². The number of carbonyl (C=O) groups is 15. The first-order chi connectivity index (χ1) is 63.4. The maximum atomic E-state index is 13.2. The molecule has 0 saturated carbocycles. The molecule has 0 radical (unpaired) electrons. The number of carboxylic acids is 3. The molecule has 674 valence electrons. The molecular weight excluding hydrogens is 1680 g/mol. The fourth-order valence-corrected chi connectivity index (χ4v) is 13.4. The number of anilines is 4. The molecule has 0 aliphatic carbocycles. The van der Waals surface area contributed by atoms with Crippen molar-refractivity contribution in [1.82, 2.24) is 20.8 Å². The van der Waals surface area contributed by atoms with Crippen molar-refractivity contribution in [2.75, 3.05) is 78.9 Å². The molecule has 32 nitrogen and oxygen atoms in total. The predicted octanol–water partition coefficient (Wildman–Crippen LogP) is 8.72. The average Bonchev–Trinajstić information content (AvgIpc) is 1.18. The Morgan fingerprint density at radius 2 is 0.534 bits per heavy atom. The van der Waals surface area contributed by atoms with Gasteiger partial charge >= 0.3 is 29.8 Å². The lowest BCUT2D eigenvalue weighted by molar-refractivity contribution is -0.198. The molecule has 2 fully saturated rings. The van der Waals surface area contributed by atoms with Gasteiger partial charge in [-0.2, -0.15) is 0 Å². The summed E-state index contributed by atoms with van der Waals surface area (Å²) >= 11 is 0. The van der Waals surface area contributed by atoms with Gasteiger partial charge in [0, 0.05) is 128 Å². The molecule has 8 aromatic carbocycles. The van der Waals surface area contributed by atoms with Gasteiger partial charge in [-0.05, 0) is 95.1 Å². The van der Waals surface area contributed by atoms with Gasteiger partial charge in [0.15, 0.2) is 0 Å². The lowest BCUT2D eigenvalue weighted by atomic mass is 10.0. The standard InChI is InChI=1S/C28H27N3O7.C24H24N2O5.C23H18N2O5.C19H15NO3.C5H11NO3/c32-24(29-16-18-37-17-15-28(36)38-31-26(34)13-14-27(31)35)11-12-25(33)30-19-22-7-2-1-5-20(22)9-10-21-6-3-4-8-23(21)30;27-22(25-14-16-31-15-13-24(29)30)11-12-23(28)26-17-20-7-2-1-5-18(20)9-10-19-6-3-4-8-21(19)26;26-20(13-14-23(29)30-25-21(27)11-12-22(25)28)24-15-18-7-2-1-5-16(18)9-10-17-6-3-4-8-19(17)24;21-18(11-12-19(22)23)20-13-16-7-2-1-5-14(16)9-10-15-6-3-4-8-17(15)20;6-2-4-9-3-1-5(7)8/h1-8H,11-19H2,(H,29,32);1-8H,11-17H2,(H,25,27)(H,29,30);1-8H,11-15H2;1-8H,11-13H2,(H,22,23);1-4,6H2,(H,7,8). The van der Waals surface area contributed by atoms with Crippen LogP contribution in [0.25, 0.3) is 0 Å². The molecule has 6 heterocycles. The quantitative estimate of drug-likeness (QED) is 0.0134. The molecule has 0 unspecified atom stereocenters. The van der Waals surface area contributed by atoms with Crippen molar-refractivity contribution in [3.05, 3.63) is 261 Å². The summed E-state index contributed by atoms with van der Waals surface area (Å²) in [4.78, 5) is 193. The molecule has 6 aliphatic rings. The number of nitrogens with zero attached hydrogens (tertiary/aromatic N) is 6. The van der Waals surface area contributed by atoms with Crippen molar-refractivity contribution in [3.63, 3.8) is 0 Å². The Labute approximate surface area is 755 Å². The normalized spacial score (nSPS) is 13.0. The largest absolute Gasteiger partial charge is 0.481 e. The fraction of sp³-hybridized carbons (Fsp3) is 0.283. The van der Waals surface area contributed by atoms with Crippen molar-refractivity contribution in [3.8, 4) is 47.4 Å². The molecule has 0 bridgehead atoms. The summed E-state index contributed by atoms with van der Waals surface area (Å²) in [6, 6.07) is 60.4. The van der Waals surface area contributed by atoms with Crippen LogP contribution in [0.4, 0.5) is 22.7 Å². The molecule has 0 atom stereocenters. The van der Waals surface area contributed by atoms with E-state index in [-0.39, 0.29) is 178 Å². The van der Waals surface area contributed by atoms with Gasteiger partial charge in [0.25, 0.3) is 23.6 Å². The van der Waals surface area contributed by atoms with Crippen molar-refractivity contribution in [1.29, 1.82) is 0 Å². The van der Waals surface area contributed by atoms with E-state index < -0.39 is 53.5 Å². The third kappa shape index (κ3) is 30.2. The van der Waals surface area contributed by atoms with Crippen molar-refractivity contribution in [2.45, 2.75) is 122 Å². The number of carboxylic acid groups (broad SMARTS) is 3. The van der Waals surface area contributed by atoms with Crippen molar-refractivity contribution in [2.24, 2.45) is 5.73 Å². The molecule has 7 N–H and O–H groups in total. The minimum atomic E-state index is -0.973. The first kappa shape index (κ1) is 97.5. The maximum Gasteiger partial charge on any atom is 0.335 e. The molecule has 2 saturated heterocycles. The van der Waals surface area contributed by atoms with E-state index in [1.807, 2.05) is 194 Å². The number of imide groups is 2. The second-order valence-electron chi connectivity index (χ2n) is 29.5. The van der Waals surface area contributed by atoms with Gasteiger partial charge in [-0.3, -0.25) is 62.3 Å². The number of fused-ring (bicyclic) bond motifs is 8. The third-order valence-corrected chi connectivity index (χ3v) is 20.1. The summed E-state index contributed by atoms with van der Waals surface area (Å²) in [5.41, 5.74) is 18.2. The van der Waals surface area contributed by atoms with E-state index in [0.29, 0.717) is 60.8 Å². The van der Waals surface area contributed by atoms with E-state index >= 15 is 0 Å². The summed E-state index contributed by atoms with van der Waals surface area (Å²) in [7, 11) is 0. The zero-order valence-corrected chi connectivity index (χ0v) is 71.5. The van der Waals surface area contributed by atoms with Crippen LogP contribution in [0.3, 0.4) is 0 Å². The van der Waals surface area contributed by atoms with Crippen LogP contribution < -0.4 is 36.0 Å². The van der Waals surface area contributed by atoms with Gasteiger partial charge in [0.1, 0.15) is 0 Å². The van der Waals surface area contributed by atoms with Crippen LogP contribution in [0.5, 0.6) is 0 Å². The Morgan fingerprint density at radius 3 is 0.832 bits per heavy atom. The lowest BCUT2D eigenvalue weighted by Gasteiger charge is -2.26. The number of hydrogen-bond acceptors (Lipinski definition) is 21. The summed E-state index contributed by atoms with van der Waals surface area (Å²) in [6.45, 7) is 3.52. The Morgan fingerprint density at radius 1 is 0.290 bits per heavy atom. The second-order valence-corrected chi connectivity index (χ2v) is 29.5. The zero-order chi connectivity index (χ0) is 93.4. The predicted molar refractivity (Wildman–Crippen MR) is 476 cm³/mol. The van der Waals surface area contributed by atoms with E-state index in [1.54, 1.807) is 19.6 Å². The average molecular weight is 1780 g/mol. The monoisotopic (exact) mass is 1780 g/mol. The van der Waals surface area contributed by atoms with E-state index in [4.69, 9.17) is 44.9 Å². The Hall–Kier alpha value is -15.7. The number of rotatable bonds is 31. The van der Waals surface area contributed by atoms with Gasteiger partial charge in [0.2, 0.25) is 35.4 Å². The summed E-state index contributed by atoms with van der Waals surface area (Å²) < 4.78 is 15.2. The van der Waals surface area contributed by atoms with Crippen LogP contribution >= 0.6 is 0 Å². The Kier molecular flexibility index (Phi) is 37.6. The highest BCUT2D eigenvalue weighted by Crippen LogP contribution is 2.32. The molecule has 0 aromatic heterocycles. The molecule has 10 amide bonds. The number of nitrogens with two attached hydrogens (primary N) is 1. The van der Waals surface area contributed by atoms with Crippen molar-refractivity contribution < 1.29 is 111 Å². The minimum Gasteiger partial charge on any atom is -0.481 e. The number of nitrogens with one attached hydrogen (secondary N) is 2. The first-order valence-corrected chi connectivity index (χ1v) is 42.1. The van der Waals surface area contributed by atoms with E-state index in [0.717, 1.165) is 78.1 Å². The molecule has 131 heavy (non-hydrogen) atoms. The van der Waals surface area contributed by atoms with E-state index in [1.165, 1.54) is 0 Å². The van der Waals surface area contributed by atoms with Gasteiger partial charge in [-0.25, -0.2) is 9.59 Å². The van der Waals surface area contributed by atoms with Crippen LogP contribution in [0.15, 0.2) is 194 Å².